The number of aromatic amines is 1. The average Bonchev–Trinajstić information content (AvgIpc) is 3.06. The lowest BCUT2D eigenvalue weighted by Gasteiger charge is -2.36. The summed E-state index contributed by atoms with van der Waals surface area (Å²) in [5, 5.41) is 2.14. The number of H-pyrrole nitrogens is 1. The van der Waals surface area contributed by atoms with Crippen molar-refractivity contribution in [1.29, 1.82) is 0 Å². The summed E-state index contributed by atoms with van der Waals surface area (Å²) in [6, 6.07) is 14.9. The number of benzene rings is 2. The van der Waals surface area contributed by atoms with E-state index >= 15 is 0 Å². The average molecular weight is 369 g/mol. The minimum absolute atomic E-state index is 0.803. The number of para-hydroxylation sites is 1. The van der Waals surface area contributed by atoms with Crippen LogP contribution < -0.4 is 9.80 Å². The second kappa shape index (κ2) is 7.22. The Kier molecular flexibility index (Phi) is 4.79. The number of fused-ring (bicyclic) bond motifs is 1. The molecule has 4 rings (SSSR count). The molecule has 0 unspecified atom stereocenters. The van der Waals surface area contributed by atoms with Crippen molar-refractivity contribution in [3.63, 3.8) is 0 Å². The minimum Gasteiger partial charge on any atom is -0.376 e. The van der Waals surface area contributed by atoms with Gasteiger partial charge < -0.3 is 14.8 Å². The van der Waals surface area contributed by atoms with Crippen molar-refractivity contribution < 1.29 is 0 Å². The van der Waals surface area contributed by atoms with Gasteiger partial charge in [-0.05, 0) is 29.8 Å². The SMILES string of the molecule is CN(C)c1cc(N2CCN(Cc3c[nH]c4ccccc34)CC2)ccc1Cl. The number of hydrogen-bond donors (Lipinski definition) is 1. The molecule has 0 aliphatic carbocycles. The van der Waals surface area contributed by atoms with E-state index in [0.29, 0.717) is 0 Å². The minimum atomic E-state index is 0.803. The van der Waals surface area contributed by atoms with Crippen molar-refractivity contribution in [3.8, 4) is 0 Å². The standard InChI is InChI=1S/C21H25ClN4/c1-24(2)21-13-17(7-8-19(21)22)26-11-9-25(10-12-26)15-16-14-23-20-6-4-3-5-18(16)20/h3-8,13-14,23H,9-12,15H2,1-2H3. The van der Waals surface area contributed by atoms with Gasteiger partial charge in [0.25, 0.3) is 0 Å². The molecule has 136 valence electrons. The molecule has 1 aliphatic heterocycles. The number of anilines is 2. The number of hydrogen-bond acceptors (Lipinski definition) is 3. The lowest BCUT2D eigenvalue weighted by molar-refractivity contribution is 0.250. The van der Waals surface area contributed by atoms with Gasteiger partial charge in [-0.25, -0.2) is 0 Å². The van der Waals surface area contributed by atoms with Crippen molar-refractivity contribution >= 4 is 33.9 Å². The first-order valence-corrected chi connectivity index (χ1v) is 9.49. The molecule has 1 aliphatic rings. The van der Waals surface area contributed by atoms with E-state index in [1.807, 2.05) is 20.2 Å². The van der Waals surface area contributed by atoms with Gasteiger partial charge in [0, 0.05) is 69.6 Å². The third kappa shape index (κ3) is 3.39. The van der Waals surface area contributed by atoms with Crippen molar-refractivity contribution in [2.45, 2.75) is 6.54 Å². The summed E-state index contributed by atoms with van der Waals surface area (Å²) >= 11 is 6.31. The fourth-order valence-corrected chi connectivity index (χ4v) is 3.99. The molecule has 5 heteroatoms. The van der Waals surface area contributed by atoms with Crippen LogP contribution in [0.2, 0.25) is 5.02 Å². The summed E-state index contributed by atoms with van der Waals surface area (Å²) in [7, 11) is 4.06. The Hall–Kier alpha value is -2.17. The highest BCUT2D eigenvalue weighted by molar-refractivity contribution is 6.33. The van der Waals surface area contributed by atoms with Gasteiger partial charge >= 0.3 is 0 Å². The number of halogens is 1. The van der Waals surface area contributed by atoms with E-state index in [-0.39, 0.29) is 0 Å². The number of aromatic nitrogens is 1. The first-order valence-electron chi connectivity index (χ1n) is 9.11. The molecule has 0 bridgehead atoms. The van der Waals surface area contributed by atoms with E-state index in [0.717, 1.165) is 43.4 Å². The summed E-state index contributed by atoms with van der Waals surface area (Å²) in [6.45, 7) is 5.22. The first-order chi connectivity index (χ1) is 12.6. The van der Waals surface area contributed by atoms with E-state index in [2.05, 4.69) is 62.3 Å². The highest BCUT2D eigenvalue weighted by atomic mass is 35.5. The Bertz CT molecular complexity index is 894. The smallest absolute Gasteiger partial charge is 0.0640 e. The topological polar surface area (TPSA) is 25.5 Å². The second-order valence-electron chi connectivity index (χ2n) is 7.15. The maximum atomic E-state index is 6.31. The molecule has 3 aromatic rings. The fraction of sp³-hybridized carbons (Fsp3) is 0.333. The summed E-state index contributed by atoms with van der Waals surface area (Å²) in [4.78, 5) is 10.4. The van der Waals surface area contributed by atoms with Crippen LogP contribution in [0.15, 0.2) is 48.7 Å². The Morgan fingerprint density at radius 3 is 2.58 bits per heavy atom. The van der Waals surface area contributed by atoms with Crippen LogP contribution in [-0.2, 0) is 6.54 Å². The lowest BCUT2D eigenvalue weighted by atomic mass is 10.1. The molecule has 1 aromatic heterocycles. The number of rotatable bonds is 4. The molecule has 0 amide bonds. The zero-order valence-electron chi connectivity index (χ0n) is 15.4. The number of piperazine rings is 1. The van der Waals surface area contributed by atoms with Crippen molar-refractivity contribution in [1.82, 2.24) is 9.88 Å². The molecule has 0 atom stereocenters. The molecule has 2 aromatic carbocycles. The lowest BCUT2D eigenvalue weighted by Crippen LogP contribution is -2.46. The summed E-state index contributed by atoms with van der Waals surface area (Å²) in [6.07, 6.45) is 2.15. The van der Waals surface area contributed by atoms with Crippen LogP contribution in [0.1, 0.15) is 5.56 Å². The summed E-state index contributed by atoms with van der Waals surface area (Å²) in [5.41, 5.74) is 4.93. The molecule has 0 radical (unpaired) electrons. The monoisotopic (exact) mass is 368 g/mol. The normalized spacial score (nSPS) is 15.6. The highest BCUT2D eigenvalue weighted by Gasteiger charge is 2.19. The van der Waals surface area contributed by atoms with Gasteiger partial charge in [-0.2, -0.15) is 0 Å². The Balaban J connectivity index is 1.42. The molecule has 0 saturated carbocycles. The third-order valence-electron chi connectivity index (χ3n) is 5.22. The van der Waals surface area contributed by atoms with Crippen LogP contribution in [0, 0.1) is 0 Å². The molecule has 1 saturated heterocycles. The molecule has 0 spiro atoms. The Labute approximate surface area is 160 Å². The van der Waals surface area contributed by atoms with E-state index in [1.54, 1.807) is 0 Å². The van der Waals surface area contributed by atoms with Crippen molar-refractivity contribution in [2.24, 2.45) is 0 Å². The second-order valence-corrected chi connectivity index (χ2v) is 7.56. The van der Waals surface area contributed by atoms with Crippen LogP contribution >= 0.6 is 11.6 Å². The van der Waals surface area contributed by atoms with Gasteiger partial charge in [-0.15, -0.1) is 0 Å². The van der Waals surface area contributed by atoms with Crippen molar-refractivity contribution in [2.75, 3.05) is 50.1 Å². The van der Waals surface area contributed by atoms with Crippen LogP contribution in [0.25, 0.3) is 10.9 Å². The Morgan fingerprint density at radius 1 is 1.04 bits per heavy atom. The fourth-order valence-electron chi connectivity index (χ4n) is 3.71. The van der Waals surface area contributed by atoms with Crippen LogP contribution in [-0.4, -0.2) is 50.2 Å². The van der Waals surface area contributed by atoms with Gasteiger partial charge in [0.1, 0.15) is 0 Å². The zero-order chi connectivity index (χ0) is 18.1. The molecular formula is C21H25ClN4. The molecule has 4 nitrogen and oxygen atoms in total. The maximum Gasteiger partial charge on any atom is 0.0640 e. The van der Waals surface area contributed by atoms with Gasteiger partial charge in [0.15, 0.2) is 0 Å². The van der Waals surface area contributed by atoms with Gasteiger partial charge in [0.2, 0.25) is 0 Å². The van der Waals surface area contributed by atoms with Crippen LogP contribution in [0.3, 0.4) is 0 Å². The first kappa shape index (κ1) is 17.3. The van der Waals surface area contributed by atoms with Gasteiger partial charge in [-0.1, -0.05) is 29.8 Å². The maximum absolute atomic E-state index is 6.31. The molecule has 1 N–H and O–H groups in total. The number of nitrogens with zero attached hydrogens (tertiary/aromatic N) is 3. The molecular weight excluding hydrogens is 344 g/mol. The molecule has 2 heterocycles. The quantitative estimate of drug-likeness (QED) is 0.746. The predicted octanol–water partition coefficient (Wildman–Crippen LogP) is 4.21. The van der Waals surface area contributed by atoms with E-state index in [1.165, 1.54) is 22.2 Å². The summed E-state index contributed by atoms with van der Waals surface area (Å²) < 4.78 is 0. The van der Waals surface area contributed by atoms with Gasteiger partial charge in [0.05, 0.1) is 10.7 Å². The molecule has 26 heavy (non-hydrogen) atoms. The predicted molar refractivity (Wildman–Crippen MR) is 112 cm³/mol. The van der Waals surface area contributed by atoms with Gasteiger partial charge in [-0.3, -0.25) is 4.90 Å². The third-order valence-corrected chi connectivity index (χ3v) is 5.54. The van der Waals surface area contributed by atoms with Crippen LogP contribution in [0.4, 0.5) is 11.4 Å². The molecule has 1 fully saturated rings. The van der Waals surface area contributed by atoms with Crippen molar-refractivity contribution in [3.05, 3.63) is 59.2 Å². The largest absolute Gasteiger partial charge is 0.376 e. The van der Waals surface area contributed by atoms with Crippen LogP contribution in [0.5, 0.6) is 0 Å². The Morgan fingerprint density at radius 2 is 1.81 bits per heavy atom. The van der Waals surface area contributed by atoms with E-state index in [9.17, 15) is 0 Å². The zero-order valence-corrected chi connectivity index (χ0v) is 16.1. The van der Waals surface area contributed by atoms with E-state index in [4.69, 9.17) is 11.6 Å². The van der Waals surface area contributed by atoms with E-state index < -0.39 is 0 Å². The highest BCUT2D eigenvalue weighted by Crippen LogP contribution is 2.30. The number of nitrogens with one attached hydrogen (secondary N) is 1. The summed E-state index contributed by atoms with van der Waals surface area (Å²) in [5.74, 6) is 0.